The fraction of sp³-hybridized carbons (Fsp3) is 0.259. The van der Waals surface area contributed by atoms with E-state index in [4.69, 9.17) is 25.9 Å². The average Bonchev–Trinajstić information content (AvgIpc) is 2.89. The van der Waals surface area contributed by atoms with Gasteiger partial charge in [0.2, 0.25) is 0 Å². The van der Waals surface area contributed by atoms with Crippen molar-refractivity contribution in [3.8, 4) is 5.75 Å². The number of morpholine rings is 1. The summed E-state index contributed by atoms with van der Waals surface area (Å²) in [4.78, 5) is 19.7. The Morgan fingerprint density at radius 3 is 2.32 bits per heavy atom. The van der Waals surface area contributed by atoms with Crippen LogP contribution in [0.3, 0.4) is 0 Å². The molecule has 0 unspecified atom stereocenters. The summed E-state index contributed by atoms with van der Waals surface area (Å²) in [7, 11) is 0. The standard InChI is InChI=1S/C27H27ClN2O4/c28-24-10-6-22(7-11-24)19-34-29-26(18-21-4-2-1-3-5-21)23-8-12-25(13-9-23)33-20-27(31)30-14-16-32-17-15-30/h1-13H,14-20H2/b29-26-. The van der Waals surface area contributed by atoms with Crippen LogP contribution in [0.4, 0.5) is 0 Å². The van der Waals surface area contributed by atoms with Gasteiger partial charge in [0.25, 0.3) is 5.91 Å². The maximum absolute atomic E-state index is 12.3. The Balaban J connectivity index is 1.41. The molecular weight excluding hydrogens is 452 g/mol. The third-order valence-electron chi connectivity index (χ3n) is 5.45. The highest BCUT2D eigenvalue weighted by atomic mass is 35.5. The van der Waals surface area contributed by atoms with Crippen LogP contribution in [0.25, 0.3) is 0 Å². The van der Waals surface area contributed by atoms with E-state index in [1.54, 1.807) is 4.90 Å². The largest absolute Gasteiger partial charge is 0.484 e. The van der Waals surface area contributed by atoms with Crippen LogP contribution in [-0.2, 0) is 27.4 Å². The van der Waals surface area contributed by atoms with Crippen molar-refractivity contribution >= 4 is 23.2 Å². The summed E-state index contributed by atoms with van der Waals surface area (Å²) >= 11 is 5.95. The number of nitrogens with zero attached hydrogens (tertiary/aromatic N) is 2. The van der Waals surface area contributed by atoms with E-state index in [1.807, 2.05) is 66.7 Å². The normalized spacial score (nSPS) is 14.0. The van der Waals surface area contributed by atoms with Gasteiger partial charge < -0.3 is 19.2 Å². The smallest absolute Gasteiger partial charge is 0.260 e. The van der Waals surface area contributed by atoms with Crippen molar-refractivity contribution in [2.24, 2.45) is 5.16 Å². The molecule has 6 nitrogen and oxygen atoms in total. The first kappa shape index (κ1) is 23.8. The molecule has 3 aromatic rings. The van der Waals surface area contributed by atoms with Crippen molar-refractivity contribution in [1.82, 2.24) is 4.90 Å². The third kappa shape index (κ3) is 7.07. The first-order chi connectivity index (χ1) is 16.7. The van der Waals surface area contributed by atoms with E-state index in [2.05, 4.69) is 17.3 Å². The molecule has 0 atom stereocenters. The summed E-state index contributed by atoms with van der Waals surface area (Å²) < 4.78 is 11.0. The summed E-state index contributed by atoms with van der Waals surface area (Å²) in [6.07, 6.45) is 0.622. The molecule has 0 aliphatic carbocycles. The highest BCUT2D eigenvalue weighted by molar-refractivity contribution is 6.30. The number of benzene rings is 3. The zero-order chi connectivity index (χ0) is 23.6. The fourth-order valence-corrected chi connectivity index (χ4v) is 3.66. The molecule has 0 bridgehead atoms. The summed E-state index contributed by atoms with van der Waals surface area (Å²) in [5, 5.41) is 5.13. The van der Waals surface area contributed by atoms with Crippen LogP contribution in [0, 0.1) is 0 Å². The van der Waals surface area contributed by atoms with Crippen molar-refractivity contribution < 1.29 is 19.1 Å². The minimum absolute atomic E-state index is 0.00844. The van der Waals surface area contributed by atoms with Crippen LogP contribution in [0.5, 0.6) is 5.75 Å². The Morgan fingerprint density at radius 1 is 0.912 bits per heavy atom. The number of amides is 1. The van der Waals surface area contributed by atoms with Crippen molar-refractivity contribution in [3.63, 3.8) is 0 Å². The summed E-state index contributed by atoms with van der Waals surface area (Å²) in [6, 6.07) is 25.2. The molecule has 3 aromatic carbocycles. The topological polar surface area (TPSA) is 60.4 Å². The molecule has 0 saturated carbocycles. The van der Waals surface area contributed by atoms with Gasteiger partial charge in [-0.2, -0.15) is 0 Å². The predicted molar refractivity (Wildman–Crippen MR) is 132 cm³/mol. The summed E-state index contributed by atoms with van der Waals surface area (Å²) in [6.45, 7) is 2.72. The second-order valence-corrected chi connectivity index (χ2v) is 8.34. The molecule has 1 aliphatic rings. The van der Waals surface area contributed by atoms with Gasteiger partial charge in [-0.3, -0.25) is 4.79 Å². The van der Waals surface area contributed by atoms with Gasteiger partial charge in [-0.15, -0.1) is 0 Å². The van der Waals surface area contributed by atoms with Crippen LogP contribution in [0.15, 0.2) is 84.0 Å². The molecule has 4 rings (SSSR count). The molecule has 1 heterocycles. The highest BCUT2D eigenvalue weighted by Crippen LogP contribution is 2.17. The molecule has 1 fully saturated rings. The third-order valence-corrected chi connectivity index (χ3v) is 5.70. The maximum Gasteiger partial charge on any atom is 0.260 e. The van der Waals surface area contributed by atoms with Crippen LogP contribution >= 0.6 is 11.6 Å². The van der Waals surface area contributed by atoms with Crippen molar-refractivity contribution in [3.05, 3.63) is 101 Å². The molecule has 7 heteroatoms. The van der Waals surface area contributed by atoms with E-state index in [1.165, 1.54) is 0 Å². The minimum Gasteiger partial charge on any atom is -0.484 e. The van der Waals surface area contributed by atoms with E-state index in [-0.39, 0.29) is 12.5 Å². The molecule has 176 valence electrons. The van der Waals surface area contributed by atoms with Crippen molar-refractivity contribution in [2.45, 2.75) is 13.0 Å². The lowest BCUT2D eigenvalue weighted by atomic mass is 10.0. The van der Waals surface area contributed by atoms with Crippen LogP contribution in [-0.4, -0.2) is 49.4 Å². The van der Waals surface area contributed by atoms with Gasteiger partial charge in [0.15, 0.2) is 6.61 Å². The number of ether oxygens (including phenoxy) is 2. The summed E-state index contributed by atoms with van der Waals surface area (Å²) in [5.41, 5.74) is 3.84. The maximum atomic E-state index is 12.3. The summed E-state index contributed by atoms with van der Waals surface area (Å²) in [5.74, 6) is 0.598. The molecule has 1 amide bonds. The fourth-order valence-electron chi connectivity index (χ4n) is 3.53. The number of halogens is 1. The number of oxime groups is 1. The number of carbonyl (C=O) groups excluding carboxylic acids is 1. The Hall–Kier alpha value is -3.35. The molecule has 0 radical (unpaired) electrons. The van der Waals surface area contributed by atoms with Gasteiger partial charge in [-0.05, 0) is 53.1 Å². The van der Waals surface area contributed by atoms with Crippen molar-refractivity contribution in [1.29, 1.82) is 0 Å². The Morgan fingerprint density at radius 2 is 1.62 bits per heavy atom. The molecule has 0 aromatic heterocycles. The van der Waals surface area contributed by atoms with Gasteiger partial charge in [-0.25, -0.2) is 0 Å². The van der Waals surface area contributed by atoms with Crippen LogP contribution < -0.4 is 4.74 Å². The molecule has 0 N–H and O–H groups in total. The lowest BCUT2D eigenvalue weighted by molar-refractivity contribution is -0.137. The first-order valence-electron chi connectivity index (χ1n) is 11.2. The number of rotatable bonds is 9. The Labute approximate surface area is 204 Å². The highest BCUT2D eigenvalue weighted by Gasteiger charge is 2.17. The molecule has 34 heavy (non-hydrogen) atoms. The monoisotopic (exact) mass is 478 g/mol. The minimum atomic E-state index is -0.0331. The number of carbonyl (C=O) groups is 1. The predicted octanol–water partition coefficient (Wildman–Crippen LogP) is 4.74. The van der Waals surface area contributed by atoms with Gasteiger partial charge >= 0.3 is 0 Å². The first-order valence-corrected chi connectivity index (χ1v) is 11.6. The Kier molecular flexibility index (Phi) is 8.54. The van der Waals surface area contributed by atoms with Gasteiger partial charge in [0, 0.05) is 24.5 Å². The lowest BCUT2D eigenvalue weighted by Crippen LogP contribution is -2.42. The number of hydrogen-bond donors (Lipinski definition) is 0. The van der Waals surface area contributed by atoms with Crippen LogP contribution in [0.2, 0.25) is 5.02 Å². The molecule has 0 spiro atoms. The quantitative estimate of drug-likeness (QED) is 0.329. The van der Waals surface area contributed by atoms with E-state index < -0.39 is 0 Å². The van der Waals surface area contributed by atoms with Crippen molar-refractivity contribution in [2.75, 3.05) is 32.9 Å². The average molecular weight is 479 g/mol. The second kappa shape index (κ2) is 12.2. The SMILES string of the molecule is O=C(COc1ccc(/C(Cc2ccccc2)=N\OCc2ccc(Cl)cc2)cc1)N1CCOCC1. The zero-order valence-electron chi connectivity index (χ0n) is 18.9. The van der Waals surface area contributed by atoms with Gasteiger partial charge in [-0.1, -0.05) is 59.2 Å². The van der Waals surface area contributed by atoms with E-state index >= 15 is 0 Å². The second-order valence-electron chi connectivity index (χ2n) is 7.91. The molecule has 1 aliphatic heterocycles. The number of hydrogen-bond acceptors (Lipinski definition) is 5. The lowest BCUT2D eigenvalue weighted by Gasteiger charge is -2.26. The van der Waals surface area contributed by atoms with Gasteiger partial charge in [0.1, 0.15) is 12.4 Å². The molecular formula is C27H27ClN2O4. The van der Waals surface area contributed by atoms with Gasteiger partial charge in [0.05, 0.1) is 18.9 Å². The van der Waals surface area contributed by atoms with E-state index in [9.17, 15) is 4.79 Å². The van der Waals surface area contributed by atoms with E-state index in [0.717, 1.165) is 22.4 Å². The van der Waals surface area contributed by atoms with E-state index in [0.29, 0.717) is 50.1 Å². The zero-order valence-corrected chi connectivity index (χ0v) is 19.6. The Bertz CT molecular complexity index is 1080. The molecule has 1 saturated heterocycles. The van der Waals surface area contributed by atoms with Crippen LogP contribution in [0.1, 0.15) is 16.7 Å².